The SMILES string of the molecule is CN1C(c2ccc(C3(C(F)(F)F)CC3)cc2)=NOC1c1ccc(=O)n(Cc2ccnc(N3CCNCC3)c2)c1. The second kappa shape index (κ2) is 9.71. The molecule has 204 valence electrons. The number of aromatic nitrogens is 2. The number of oxime groups is 1. The highest BCUT2D eigenvalue weighted by atomic mass is 19.4. The summed E-state index contributed by atoms with van der Waals surface area (Å²) in [5.74, 6) is 1.40. The predicted molar refractivity (Wildman–Crippen MR) is 141 cm³/mol. The van der Waals surface area contributed by atoms with Crippen LogP contribution in [0.5, 0.6) is 0 Å². The van der Waals surface area contributed by atoms with Crippen LogP contribution in [0.2, 0.25) is 0 Å². The maximum atomic E-state index is 13.5. The van der Waals surface area contributed by atoms with Crippen molar-refractivity contribution < 1.29 is 18.0 Å². The summed E-state index contributed by atoms with van der Waals surface area (Å²) in [5.41, 5.74) is 0.770. The molecule has 6 rings (SSSR count). The summed E-state index contributed by atoms with van der Waals surface area (Å²) in [6.45, 7) is 3.95. The second-order valence-electron chi connectivity index (χ2n) is 10.3. The Bertz CT molecular complexity index is 1440. The van der Waals surface area contributed by atoms with Crippen LogP contribution in [0.25, 0.3) is 0 Å². The Hall–Kier alpha value is -3.86. The Morgan fingerprint density at radius 3 is 2.51 bits per heavy atom. The molecule has 1 saturated carbocycles. The molecular weight excluding hydrogens is 509 g/mol. The fourth-order valence-electron chi connectivity index (χ4n) is 5.33. The topological polar surface area (TPSA) is 75.0 Å². The van der Waals surface area contributed by atoms with Gasteiger partial charge in [0, 0.05) is 62.8 Å². The zero-order valence-corrected chi connectivity index (χ0v) is 21.5. The van der Waals surface area contributed by atoms with E-state index < -0.39 is 17.8 Å². The molecule has 39 heavy (non-hydrogen) atoms. The molecule has 1 N–H and O–H groups in total. The lowest BCUT2D eigenvalue weighted by atomic mass is 9.94. The highest BCUT2D eigenvalue weighted by Crippen LogP contribution is 2.58. The maximum absolute atomic E-state index is 13.5. The van der Waals surface area contributed by atoms with Crippen LogP contribution in [0.15, 0.2) is 70.9 Å². The number of rotatable bonds is 6. The van der Waals surface area contributed by atoms with E-state index in [1.807, 2.05) is 17.0 Å². The van der Waals surface area contributed by atoms with Crippen LogP contribution < -0.4 is 15.8 Å². The van der Waals surface area contributed by atoms with Crippen molar-refractivity contribution in [2.75, 3.05) is 38.1 Å². The van der Waals surface area contributed by atoms with Crippen LogP contribution in [0.1, 0.15) is 41.3 Å². The summed E-state index contributed by atoms with van der Waals surface area (Å²) < 4.78 is 42.1. The Morgan fingerprint density at radius 1 is 1.08 bits per heavy atom. The second-order valence-corrected chi connectivity index (χ2v) is 10.3. The van der Waals surface area contributed by atoms with E-state index in [0.717, 1.165) is 43.1 Å². The van der Waals surface area contributed by atoms with Crippen molar-refractivity contribution in [3.8, 4) is 0 Å². The lowest BCUT2D eigenvalue weighted by molar-refractivity contribution is -0.160. The number of hydrogen-bond donors (Lipinski definition) is 1. The number of anilines is 1. The molecule has 1 saturated heterocycles. The summed E-state index contributed by atoms with van der Waals surface area (Å²) >= 11 is 0. The average Bonchev–Trinajstić information content (AvgIpc) is 3.68. The molecule has 3 aromatic rings. The molecule has 0 bridgehead atoms. The minimum absolute atomic E-state index is 0.119. The van der Waals surface area contributed by atoms with Crippen molar-refractivity contribution >= 4 is 11.7 Å². The number of nitrogens with one attached hydrogen (secondary N) is 1. The molecule has 1 aromatic carbocycles. The van der Waals surface area contributed by atoms with Gasteiger partial charge in [-0.2, -0.15) is 13.2 Å². The summed E-state index contributed by atoms with van der Waals surface area (Å²) in [6, 6.07) is 13.5. The normalized spacial score (nSPS) is 20.5. The third-order valence-electron chi connectivity index (χ3n) is 7.81. The van der Waals surface area contributed by atoms with Crippen LogP contribution in [-0.4, -0.2) is 59.7 Å². The molecule has 1 unspecified atom stereocenters. The summed E-state index contributed by atoms with van der Waals surface area (Å²) in [5, 5.41) is 7.55. The predicted octanol–water partition coefficient (Wildman–Crippen LogP) is 3.62. The van der Waals surface area contributed by atoms with Crippen LogP contribution in [0.3, 0.4) is 0 Å². The van der Waals surface area contributed by atoms with E-state index in [1.54, 1.807) is 42.2 Å². The average molecular weight is 539 g/mol. The third-order valence-corrected chi connectivity index (χ3v) is 7.81. The number of alkyl halides is 3. The van der Waals surface area contributed by atoms with Gasteiger partial charge in [-0.25, -0.2) is 4.98 Å². The summed E-state index contributed by atoms with van der Waals surface area (Å²) in [4.78, 5) is 27.0. The van der Waals surface area contributed by atoms with Gasteiger partial charge < -0.3 is 24.5 Å². The quantitative estimate of drug-likeness (QED) is 0.517. The number of nitrogens with zero attached hydrogens (tertiary/aromatic N) is 5. The molecular formula is C28H29F3N6O2. The Labute approximate surface area is 223 Å². The molecule has 4 heterocycles. The third kappa shape index (κ3) is 4.75. The number of pyridine rings is 2. The largest absolute Gasteiger partial charge is 0.398 e. The molecule has 0 radical (unpaired) electrons. The minimum Gasteiger partial charge on any atom is -0.363 e. The molecule has 3 aliphatic rings. The zero-order chi connectivity index (χ0) is 27.2. The molecule has 2 aromatic heterocycles. The van der Waals surface area contributed by atoms with Gasteiger partial charge in [-0.15, -0.1) is 0 Å². The first-order chi connectivity index (χ1) is 18.7. The molecule has 0 amide bonds. The lowest BCUT2D eigenvalue weighted by Crippen LogP contribution is -2.43. The van der Waals surface area contributed by atoms with Gasteiger partial charge in [-0.1, -0.05) is 29.4 Å². The highest BCUT2D eigenvalue weighted by Gasteiger charge is 2.64. The summed E-state index contributed by atoms with van der Waals surface area (Å²) in [6.07, 6.45) is -1.07. The van der Waals surface area contributed by atoms with E-state index in [9.17, 15) is 18.0 Å². The zero-order valence-electron chi connectivity index (χ0n) is 21.5. The van der Waals surface area contributed by atoms with Gasteiger partial charge in [0.2, 0.25) is 6.23 Å². The number of halogens is 3. The van der Waals surface area contributed by atoms with Gasteiger partial charge in [0.25, 0.3) is 5.56 Å². The van der Waals surface area contributed by atoms with E-state index >= 15 is 0 Å². The van der Waals surface area contributed by atoms with Gasteiger partial charge in [0.05, 0.1) is 12.0 Å². The number of benzene rings is 1. The first-order valence-corrected chi connectivity index (χ1v) is 13.0. The molecule has 2 fully saturated rings. The van der Waals surface area contributed by atoms with E-state index in [-0.39, 0.29) is 24.0 Å². The minimum atomic E-state index is -4.25. The van der Waals surface area contributed by atoms with E-state index in [4.69, 9.17) is 4.84 Å². The lowest BCUT2D eigenvalue weighted by Gasteiger charge is -2.28. The van der Waals surface area contributed by atoms with Crippen LogP contribution in [0.4, 0.5) is 19.0 Å². The standard InChI is InChI=1S/C28H29F3N6O2/c1-35-25(20-2-5-22(6-3-20)27(9-10-27)28(29,30)31)34-39-26(35)21-4-7-24(38)37(18-21)17-19-8-11-33-23(16-19)36-14-12-32-13-15-36/h2-8,11,16,18,26,32H,9-10,12-15,17H2,1H3. The van der Waals surface area contributed by atoms with Gasteiger partial charge in [-0.05, 0) is 42.2 Å². The molecule has 11 heteroatoms. The van der Waals surface area contributed by atoms with Crippen molar-refractivity contribution in [2.45, 2.75) is 37.2 Å². The van der Waals surface area contributed by atoms with Crippen LogP contribution >= 0.6 is 0 Å². The van der Waals surface area contributed by atoms with Gasteiger partial charge >= 0.3 is 6.18 Å². The number of hydrogen-bond acceptors (Lipinski definition) is 7. The van der Waals surface area contributed by atoms with Gasteiger partial charge in [0.15, 0.2) is 5.84 Å². The first kappa shape index (κ1) is 25.4. The van der Waals surface area contributed by atoms with E-state index in [0.29, 0.717) is 17.9 Å². The Kier molecular flexibility index (Phi) is 6.33. The molecule has 1 aliphatic carbocycles. The number of amidine groups is 1. The van der Waals surface area contributed by atoms with Crippen molar-refractivity contribution in [3.63, 3.8) is 0 Å². The smallest absolute Gasteiger partial charge is 0.363 e. The van der Waals surface area contributed by atoms with Gasteiger partial charge in [-0.3, -0.25) is 4.79 Å². The Morgan fingerprint density at radius 2 is 1.82 bits per heavy atom. The van der Waals surface area contributed by atoms with Crippen molar-refractivity contribution in [3.05, 3.63) is 93.5 Å². The highest BCUT2D eigenvalue weighted by molar-refractivity contribution is 5.99. The summed E-state index contributed by atoms with van der Waals surface area (Å²) in [7, 11) is 1.81. The van der Waals surface area contributed by atoms with Crippen LogP contribution in [0, 0.1) is 0 Å². The fourth-order valence-corrected chi connectivity index (χ4v) is 5.33. The fraction of sp³-hybridized carbons (Fsp3) is 0.393. The molecule has 8 nitrogen and oxygen atoms in total. The number of piperazine rings is 1. The first-order valence-electron chi connectivity index (χ1n) is 13.0. The molecule has 1 atom stereocenters. The van der Waals surface area contributed by atoms with Crippen molar-refractivity contribution in [1.82, 2.24) is 19.8 Å². The Balaban J connectivity index is 1.18. The van der Waals surface area contributed by atoms with Crippen LogP contribution in [-0.2, 0) is 16.8 Å². The monoisotopic (exact) mass is 538 g/mol. The van der Waals surface area contributed by atoms with Crippen molar-refractivity contribution in [1.29, 1.82) is 0 Å². The molecule has 2 aliphatic heterocycles. The van der Waals surface area contributed by atoms with E-state index in [2.05, 4.69) is 20.4 Å². The maximum Gasteiger partial charge on any atom is 0.398 e. The van der Waals surface area contributed by atoms with Crippen molar-refractivity contribution in [2.24, 2.45) is 5.16 Å². The van der Waals surface area contributed by atoms with E-state index in [1.165, 1.54) is 18.2 Å². The molecule has 0 spiro atoms. The van der Waals surface area contributed by atoms with Gasteiger partial charge in [0.1, 0.15) is 5.82 Å².